The van der Waals surface area contributed by atoms with Gasteiger partial charge in [-0.2, -0.15) is 13.2 Å². The van der Waals surface area contributed by atoms with Crippen molar-refractivity contribution in [1.29, 1.82) is 0 Å². The fourth-order valence-electron chi connectivity index (χ4n) is 1.87. The molecule has 0 radical (unpaired) electrons. The van der Waals surface area contributed by atoms with Gasteiger partial charge < -0.3 is 9.30 Å². The minimum atomic E-state index is -4.42. The maximum Gasteiger partial charge on any atom is 0.409 e. The number of allylic oxidation sites excluding steroid dienone is 2. The van der Waals surface area contributed by atoms with Crippen LogP contribution in [0.4, 0.5) is 13.2 Å². The lowest BCUT2D eigenvalue weighted by atomic mass is 10.1. The number of halogens is 3. The summed E-state index contributed by atoms with van der Waals surface area (Å²) in [5, 5.41) is 0. The molecule has 4 nitrogen and oxygen atoms in total. The zero-order valence-electron chi connectivity index (χ0n) is 11.2. The van der Waals surface area contributed by atoms with Crippen LogP contribution in [0.5, 0.6) is 0 Å². The molecule has 0 fully saturated rings. The van der Waals surface area contributed by atoms with Crippen molar-refractivity contribution in [2.45, 2.75) is 26.6 Å². The van der Waals surface area contributed by atoms with Crippen molar-refractivity contribution in [1.82, 2.24) is 4.57 Å². The lowest BCUT2D eigenvalue weighted by molar-refractivity contribution is -0.0800. The van der Waals surface area contributed by atoms with Crippen LogP contribution >= 0.6 is 0 Å². The lowest BCUT2D eigenvalue weighted by Crippen LogP contribution is -2.13. The summed E-state index contributed by atoms with van der Waals surface area (Å²) in [5.41, 5.74) is 1.18. The second-order valence-electron chi connectivity index (χ2n) is 4.14. The Bertz CT molecular complexity index is 556. The summed E-state index contributed by atoms with van der Waals surface area (Å²) < 4.78 is 42.2. The van der Waals surface area contributed by atoms with Crippen LogP contribution in [0.15, 0.2) is 12.2 Å². The number of hydrogen-bond donors (Lipinski definition) is 0. The van der Waals surface area contributed by atoms with E-state index in [2.05, 4.69) is 4.74 Å². The molecule has 1 heterocycles. The van der Waals surface area contributed by atoms with Gasteiger partial charge >= 0.3 is 12.1 Å². The van der Waals surface area contributed by atoms with Crippen molar-refractivity contribution in [2.24, 2.45) is 0 Å². The molecule has 0 aliphatic heterocycles. The highest BCUT2D eigenvalue weighted by molar-refractivity contribution is 5.98. The number of carbonyl (C=O) groups is 2. The number of esters is 1. The number of aromatic nitrogens is 1. The van der Waals surface area contributed by atoms with Crippen molar-refractivity contribution in [3.63, 3.8) is 0 Å². The van der Waals surface area contributed by atoms with Gasteiger partial charge in [0.1, 0.15) is 5.69 Å². The first-order chi connectivity index (χ1) is 9.22. The second kappa shape index (κ2) is 5.94. The van der Waals surface area contributed by atoms with Gasteiger partial charge in [0.25, 0.3) is 0 Å². The monoisotopic (exact) mass is 289 g/mol. The van der Waals surface area contributed by atoms with Gasteiger partial charge in [-0.05, 0) is 19.4 Å². The van der Waals surface area contributed by atoms with Gasteiger partial charge in [0.2, 0.25) is 0 Å². The van der Waals surface area contributed by atoms with E-state index in [1.165, 1.54) is 4.57 Å². The summed E-state index contributed by atoms with van der Waals surface area (Å²) in [6.07, 6.45) is -2.95. The third kappa shape index (κ3) is 3.28. The number of nitrogens with zero attached hydrogens (tertiary/aromatic N) is 1. The Hall–Kier alpha value is -2.05. The first-order valence-corrected chi connectivity index (χ1v) is 5.70. The molecule has 1 rings (SSSR count). The highest BCUT2D eigenvalue weighted by atomic mass is 19.4. The van der Waals surface area contributed by atoms with E-state index in [1.54, 1.807) is 13.8 Å². The Morgan fingerprint density at radius 2 is 1.95 bits per heavy atom. The average molecular weight is 289 g/mol. The zero-order valence-corrected chi connectivity index (χ0v) is 11.2. The predicted octanol–water partition coefficient (Wildman–Crippen LogP) is 2.82. The van der Waals surface area contributed by atoms with Crippen LogP contribution in [0.2, 0.25) is 0 Å². The molecular weight excluding hydrogens is 275 g/mol. The topological polar surface area (TPSA) is 48.3 Å². The molecule has 0 aromatic carbocycles. The number of alkyl halides is 3. The molecule has 0 bridgehead atoms. The molecule has 1 aromatic heterocycles. The lowest BCUT2D eigenvalue weighted by Gasteiger charge is -2.08. The number of ether oxygens (including phenoxy) is 1. The van der Waals surface area contributed by atoms with Gasteiger partial charge in [-0.25, -0.2) is 4.79 Å². The Labute approximate surface area is 113 Å². The first kappa shape index (κ1) is 16.0. The van der Waals surface area contributed by atoms with Gasteiger partial charge in [-0.3, -0.25) is 4.79 Å². The summed E-state index contributed by atoms with van der Waals surface area (Å²) in [5.74, 6) is -0.760. The van der Waals surface area contributed by atoms with Gasteiger partial charge in [0.15, 0.2) is 6.29 Å². The summed E-state index contributed by atoms with van der Waals surface area (Å²) in [6.45, 7) is 3.07. The quantitative estimate of drug-likeness (QED) is 0.486. The van der Waals surface area contributed by atoms with E-state index in [0.717, 1.165) is 13.2 Å². The highest BCUT2D eigenvalue weighted by Crippen LogP contribution is 2.22. The fraction of sp³-hybridized carbons (Fsp3) is 0.385. The van der Waals surface area contributed by atoms with Crippen LogP contribution in [0.25, 0.3) is 0 Å². The number of carbonyl (C=O) groups excluding carboxylic acids is 2. The number of aldehydes is 1. The van der Waals surface area contributed by atoms with Crippen LogP contribution in [-0.4, -0.2) is 30.1 Å². The Morgan fingerprint density at radius 3 is 2.40 bits per heavy atom. The normalized spacial score (nSPS) is 11.9. The Kier molecular flexibility index (Phi) is 4.75. The van der Waals surface area contributed by atoms with Crippen LogP contribution in [0.3, 0.4) is 0 Å². The third-order valence-corrected chi connectivity index (χ3v) is 2.97. The van der Waals surface area contributed by atoms with E-state index in [4.69, 9.17) is 0 Å². The van der Waals surface area contributed by atoms with E-state index < -0.39 is 12.1 Å². The fourth-order valence-corrected chi connectivity index (χ4v) is 1.87. The molecule has 0 amide bonds. The smallest absolute Gasteiger partial charge is 0.409 e. The molecule has 1 aromatic rings. The molecule has 7 heteroatoms. The highest BCUT2D eigenvalue weighted by Gasteiger charge is 2.24. The molecule has 0 spiro atoms. The van der Waals surface area contributed by atoms with E-state index in [-0.39, 0.29) is 23.9 Å². The molecule has 0 saturated heterocycles. The van der Waals surface area contributed by atoms with Crippen LogP contribution in [-0.2, 0) is 11.3 Å². The van der Waals surface area contributed by atoms with E-state index >= 15 is 0 Å². The average Bonchev–Trinajstić information content (AvgIpc) is 2.60. The SMILES string of the molecule is COC(=O)c1c(C=O)c(C)c(C)n1CC=CC(F)(F)F. The molecule has 0 unspecified atom stereocenters. The van der Waals surface area contributed by atoms with Gasteiger partial charge in [-0.15, -0.1) is 0 Å². The summed E-state index contributed by atoms with van der Waals surface area (Å²) in [4.78, 5) is 22.7. The number of methoxy groups -OCH3 is 1. The summed E-state index contributed by atoms with van der Waals surface area (Å²) in [7, 11) is 1.14. The molecule has 0 aliphatic rings. The van der Waals surface area contributed by atoms with E-state index in [0.29, 0.717) is 17.5 Å². The number of rotatable bonds is 4. The summed E-state index contributed by atoms with van der Waals surface area (Å²) in [6, 6.07) is 0. The van der Waals surface area contributed by atoms with E-state index in [1.807, 2.05) is 0 Å². The maximum atomic E-state index is 12.1. The maximum absolute atomic E-state index is 12.1. The Morgan fingerprint density at radius 1 is 1.35 bits per heavy atom. The second-order valence-corrected chi connectivity index (χ2v) is 4.14. The molecule has 20 heavy (non-hydrogen) atoms. The first-order valence-electron chi connectivity index (χ1n) is 5.70. The number of hydrogen-bond acceptors (Lipinski definition) is 3. The summed E-state index contributed by atoms with van der Waals surface area (Å²) >= 11 is 0. The van der Waals surface area contributed by atoms with Crippen molar-refractivity contribution >= 4 is 12.3 Å². The van der Waals surface area contributed by atoms with E-state index in [9.17, 15) is 22.8 Å². The van der Waals surface area contributed by atoms with Gasteiger partial charge in [-0.1, -0.05) is 6.08 Å². The minimum Gasteiger partial charge on any atom is -0.464 e. The van der Waals surface area contributed by atoms with Crippen molar-refractivity contribution < 1.29 is 27.5 Å². The third-order valence-electron chi connectivity index (χ3n) is 2.97. The molecule has 0 saturated carbocycles. The molecule has 110 valence electrons. The standard InChI is InChI=1S/C13H14F3NO3/c1-8-9(2)17(6-4-5-13(14,15)16)11(10(8)7-18)12(19)20-3/h4-5,7H,6H2,1-3H3. The zero-order chi connectivity index (χ0) is 15.5. The Balaban J connectivity index is 3.28. The molecular formula is C13H14F3NO3. The van der Waals surface area contributed by atoms with Crippen molar-refractivity contribution in [3.8, 4) is 0 Å². The van der Waals surface area contributed by atoms with Crippen molar-refractivity contribution in [2.75, 3.05) is 7.11 Å². The predicted molar refractivity (Wildman–Crippen MR) is 65.8 cm³/mol. The van der Waals surface area contributed by atoms with Crippen molar-refractivity contribution in [3.05, 3.63) is 34.7 Å². The van der Waals surface area contributed by atoms with Gasteiger partial charge in [0, 0.05) is 18.3 Å². The van der Waals surface area contributed by atoms with Gasteiger partial charge in [0.05, 0.1) is 12.7 Å². The van der Waals surface area contributed by atoms with Crippen LogP contribution in [0, 0.1) is 13.8 Å². The van der Waals surface area contributed by atoms with Crippen LogP contribution in [0.1, 0.15) is 32.1 Å². The molecule has 0 aliphatic carbocycles. The molecule has 0 N–H and O–H groups in total. The van der Waals surface area contributed by atoms with Crippen LogP contribution < -0.4 is 0 Å². The molecule has 0 atom stereocenters. The largest absolute Gasteiger partial charge is 0.464 e. The minimum absolute atomic E-state index is 0.0377.